The standard InChI is InChI=1S/C13H22N2O2/c1-6-9-11(12(16)17)10(7-2)15(14-9)8-13(3,4)5/h6-8H2,1-5H3,(H,16,17). The number of aromatic carboxylic acids is 1. The Hall–Kier alpha value is -1.32. The molecule has 0 aliphatic carbocycles. The number of carboxylic acid groups (broad SMARTS) is 1. The fraction of sp³-hybridized carbons (Fsp3) is 0.692. The van der Waals surface area contributed by atoms with Gasteiger partial charge in [0.25, 0.3) is 0 Å². The van der Waals surface area contributed by atoms with Crippen molar-refractivity contribution in [3.63, 3.8) is 0 Å². The number of carboxylic acids is 1. The summed E-state index contributed by atoms with van der Waals surface area (Å²) in [5, 5.41) is 13.7. The zero-order chi connectivity index (χ0) is 13.2. The largest absolute Gasteiger partial charge is 0.478 e. The van der Waals surface area contributed by atoms with Gasteiger partial charge in [-0.1, -0.05) is 34.6 Å². The number of aromatic nitrogens is 2. The molecule has 4 heteroatoms. The molecule has 0 saturated carbocycles. The molecule has 1 aromatic heterocycles. The van der Waals surface area contributed by atoms with Gasteiger partial charge in [-0.2, -0.15) is 5.10 Å². The zero-order valence-electron chi connectivity index (χ0n) is 11.4. The van der Waals surface area contributed by atoms with Gasteiger partial charge in [-0.15, -0.1) is 0 Å². The Bertz CT molecular complexity index is 414. The topological polar surface area (TPSA) is 55.1 Å². The predicted molar refractivity (Wildman–Crippen MR) is 67.4 cm³/mol. The monoisotopic (exact) mass is 238 g/mol. The van der Waals surface area contributed by atoms with Gasteiger partial charge >= 0.3 is 5.97 Å². The molecular formula is C13H22N2O2. The maximum absolute atomic E-state index is 11.3. The van der Waals surface area contributed by atoms with E-state index in [2.05, 4.69) is 25.9 Å². The molecule has 0 fully saturated rings. The Morgan fingerprint density at radius 3 is 2.24 bits per heavy atom. The highest BCUT2D eigenvalue weighted by atomic mass is 16.4. The summed E-state index contributed by atoms with van der Waals surface area (Å²) < 4.78 is 1.86. The number of carbonyl (C=O) groups is 1. The van der Waals surface area contributed by atoms with Crippen LogP contribution in [0.1, 0.15) is 56.4 Å². The number of nitrogens with zero attached hydrogens (tertiary/aromatic N) is 2. The Balaban J connectivity index is 3.27. The molecule has 17 heavy (non-hydrogen) atoms. The summed E-state index contributed by atoms with van der Waals surface area (Å²) in [6.07, 6.45) is 1.36. The van der Waals surface area contributed by atoms with Crippen molar-refractivity contribution < 1.29 is 9.90 Å². The lowest BCUT2D eigenvalue weighted by Gasteiger charge is -2.19. The third-order valence-electron chi connectivity index (χ3n) is 2.64. The first kappa shape index (κ1) is 13.7. The van der Waals surface area contributed by atoms with Crippen molar-refractivity contribution in [1.29, 1.82) is 0 Å². The summed E-state index contributed by atoms with van der Waals surface area (Å²) in [5.74, 6) is -0.862. The van der Waals surface area contributed by atoms with Crippen molar-refractivity contribution in [2.75, 3.05) is 0 Å². The molecule has 96 valence electrons. The molecule has 0 unspecified atom stereocenters. The van der Waals surface area contributed by atoms with Crippen LogP contribution in [0.15, 0.2) is 0 Å². The predicted octanol–water partition coefficient (Wildman–Crippen LogP) is 2.75. The molecule has 1 aromatic rings. The second-order valence-electron chi connectivity index (χ2n) is 5.50. The molecule has 1 N–H and O–H groups in total. The quantitative estimate of drug-likeness (QED) is 0.877. The normalized spacial score (nSPS) is 11.8. The summed E-state index contributed by atoms with van der Waals surface area (Å²) in [4.78, 5) is 11.3. The van der Waals surface area contributed by atoms with Crippen molar-refractivity contribution in [2.45, 2.75) is 54.0 Å². The Labute approximate surface area is 103 Å². The van der Waals surface area contributed by atoms with Gasteiger partial charge in [0, 0.05) is 6.54 Å². The summed E-state index contributed by atoms with van der Waals surface area (Å²) >= 11 is 0. The average Bonchev–Trinajstić information content (AvgIpc) is 2.52. The first-order valence-electron chi connectivity index (χ1n) is 6.12. The Kier molecular flexibility index (Phi) is 3.96. The van der Waals surface area contributed by atoms with Gasteiger partial charge in [-0.25, -0.2) is 4.79 Å². The molecule has 0 radical (unpaired) electrons. The lowest BCUT2D eigenvalue weighted by atomic mass is 9.97. The highest BCUT2D eigenvalue weighted by Gasteiger charge is 2.23. The van der Waals surface area contributed by atoms with Crippen molar-refractivity contribution >= 4 is 5.97 Å². The van der Waals surface area contributed by atoms with Gasteiger partial charge in [0.15, 0.2) is 0 Å². The number of rotatable bonds is 4. The van der Waals surface area contributed by atoms with Crippen molar-refractivity contribution in [1.82, 2.24) is 9.78 Å². The van der Waals surface area contributed by atoms with Crippen molar-refractivity contribution in [3.05, 3.63) is 17.0 Å². The molecule has 0 bridgehead atoms. The maximum atomic E-state index is 11.3. The van der Waals surface area contributed by atoms with Crippen LogP contribution >= 0.6 is 0 Å². The molecule has 0 aromatic carbocycles. The average molecular weight is 238 g/mol. The molecule has 0 amide bonds. The smallest absolute Gasteiger partial charge is 0.339 e. The van der Waals surface area contributed by atoms with Gasteiger partial charge in [-0.3, -0.25) is 4.68 Å². The van der Waals surface area contributed by atoms with Crippen LogP contribution in [0.4, 0.5) is 0 Å². The van der Waals surface area contributed by atoms with Gasteiger partial charge < -0.3 is 5.11 Å². The molecule has 0 atom stereocenters. The van der Waals surface area contributed by atoms with Crippen molar-refractivity contribution in [3.8, 4) is 0 Å². The molecular weight excluding hydrogens is 216 g/mol. The highest BCUT2D eigenvalue weighted by molar-refractivity contribution is 5.90. The van der Waals surface area contributed by atoms with Crippen LogP contribution in [-0.4, -0.2) is 20.9 Å². The lowest BCUT2D eigenvalue weighted by molar-refractivity contribution is 0.0694. The molecule has 1 heterocycles. The van der Waals surface area contributed by atoms with E-state index in [1.165, 1.54) is 0 Å². The minimum absolute atomic E-state index is 0.0940. The van der Waals surface area contributed by atoms with Crippen LogP contribution < -0.4 is 0 Å². The lowest BCUT2D eigenvalue weighted by Crippen LogP contribution is -2.19. The van der Waals surface area contributed by atoms with Crippen LogP contribution in [-0.2, 0) is 19.4 Å². The zero-order valence-corrected chi connectivity index (χ0v) is 11.4. The van der Waals surface area contributed by atoms with E-state index < -0.39 is 5.97 Å². The second kappa shape index (κ2) is 4.90. The van der Waals surface area contributed by atoms with Gasteiger partial charge in [0.1, 0.15) is 5.56 Å². The van der Waals surface area contributed by atoms with E-state index in [-0.39, 0.29) is 5.41 Å². The van der Waals surface area contributed by atoms with Crippen molar-refractivity contribution in [2.24, 2.45) is 5.41 Å². The minimum Gasteiger partial charge on any atom is -0.478 e. The van der Waals surface area contributed by atoms with Gasteiger partial charge in [0.2, 0.25) is 0 Å². The summed E-state index contributed by atoms with van der Waals surface area (Å²) in [5.41, 5.74) is 2.03. The van der Waals surface area contributed by atoms with E-state index in [0.717, 1.165) is 12.2 Å². The SMILES string of the molecule is CCc1nn(CC(C)(C)C)c(CC)c1C(=O)O. The van der Waals surface area contributed by atoms with E-state index in [1.54, 1.807) is 0 Å². The molecule has 1 rings (SSSR count). The first-order valence-corrected chi connectivity index (χ1v) is 6.12. The fourth-order valence-electron chi connectivity index (χ4n) is 1.99. The van der Waals surface area contributed by atoms with Crippen LogP contribution in [0, 0.1) is 5.41 Å². The third kappa shape index (κ3) is 3.08. The van der Waals surface area contributed by atoms with E-state index in [1.807, 2.05) is 18.5 Å². The van der Waals surface area contributed by atoms with E-state index >= 15 is 0 Å². The Morgan fingerprint density at radius 2 is 1.88 bits per heavy atom. The maximum Gasteiger partial charge on any atom is 0.339 e. The summed E-state index contributed by atoms with van der Waals surface area (Å²) in [6, 6.07) is 0. The van der Waals surface area contributed by atoms with Crippen LogP contribution in [0.5, 0.6) is 0 Å². The van der Waals surface area contributed by atoms with Gasteiger partial charge in [0.05, 0.1) is 11.4 Å². The number of hydrogen-bond donors (Lipinski definition) is 1. The highest BCUT2D eigenvalue weighted by Crippen LogP contribution is 2.22. The third-order valence-corrected chi connectivity index (χ3v) is 2.64. The minimum atomic E-state index is -0.862. The Morgan fingerprint density at radius 1 is 1.29 bits per heavy atom. The van der Waals surface area contributed by atoms with E-state index in [9.17, 15) is 9.90 Å². The van der Waals surface area contributed by atoms with E-state index in [4.69, 9.17) is 0 Å². The molecule has 0 aliphatic heterocycles. The van der Waals surface area contributed by atoms with Gasteiger partial charge in [-0.05, 0) is 18.3 Å². The summed E-state index contributed by atoms with van der Waals surface area (Å²) in [6.45, 7) is 11.0. The molecule has 4 nitrogen and oxygen atoms in total. The van der Waals surface area contributed by atoms with Crippen LogP contribution in [0.25, 0.3) is 0 Å². The molecule has 0 saturated heterocycles. The first-order chi connectivity index (χ1) is 7.80. The summed E-state index contributed by atoms with van der Waals surface area (Å²) in [7, 11) is 0. The molecule has 0 aliphatic rings. The molecule has 0 spiro atoms. The fourth-order valence-corrected chi connectivity index (χ4v) is 1.99. The van der Waals surface area contributed by atoms with Crippen LogP contribution in [0.2, 0.25) is 0 Å². The van der Waals surface area contributed by atoms with Crippen LogP contribution in [0.3, 0.4) is 0 Å². The number of hydrogen-bond acceptors (Lipinski definition) is 2. The number of aryl methyl sites for hydroxylation is 1. The second-order valence-corrected chi connectivity index (χ2v) is 5.50. The van der Waals surface area contributed by atoms with E-state index in [0.29, 0.717) is 24.1 Å².